The monoisotopic (exact) mass is 337 g/mol. The van der Waals surface area contributed by atoms with E-state index < -0.39 is 0 Å². The highest BCUT2D eigenvalue weighted by Crippen LogP contribution is 2.32. The second kappa shape index (κ2) is 9.09. The average molecular weight is 337 g/mol. The molecule has 134 valence electrons. The van der Waals surface area contributed by atoms with Gasteiger partial charge in [0.25, 0.3) is 0 Å². The molecule has 0 aromatic carbocycles. The molecule has 1 atom stereocenters. The molecule has 1 aromatic rings. The Bertz CT molecular complexity index is 554. The zero-order chi connectivity index (χ0) is 17.4. The minimum atomic E-state index is -0.364. The predicted molar refractivity (Wildman–Crippen MR) is 90.5 cm³/mol. The molecule has 0 spiro atoms. The Morgan fingerprint density at radius 2 is 2.25 bits per heavy atom. The van der Waals surface area contributed by atoms with Crippen molar-refractivity contribution in [1.29, 1.82) is 0 Å². The van der Waals surface area contributed by atoms with Gasteiger partial charge in [0.2, 0.25) is 0 Å². The van der Waals surface area contributed by atoms with E-state index in [9.17, 15) is 4.79 Å². The molecule has 1 saturated carbocycles. The highest BCUT2D eigenvalue weighted by molar-refractivity contribution is 5.79. The maximum absolute atomic E-state index is 11.6. The van der Waals surface area contributed by atoms with E-state index in [-0.39, 0.29) is 12.1 Å². The number of hydrogen-bond donors (Lipinski definition) is 3. The summed E-state index contributed by atoms with van der Waals surface area (Å²) < 4.78 is 6.67. The normalized spacial score (nSPS) is 15.7. The molecule has 0 saturated heterocycles. The lowest BCUT2D eigenvalue weighted by atomic mass is 10.2. The lowest BCUT2D eigenvalue weighted by molar-refractivity contribution is 0.146. The molecule has 3 N–H and O–H groups in total. The standard InChI is InChI=1S/C15H27N7O2/c1-4-16-14(18-9-13-19-10-20-22(13)3)17-8-12(11-6-7-11)21-15(23)24-5-2/h10-12H,4-9H2,1-3H3,(H,21,23)(H2,16,17,18). The molecule has 9 heteroatoms. The first-order valence-corrected chi connectivity index (χ1v) is 8.42. The van der Waals surface area contributed by atoms with Crippen molar-refractivity contribution in [2.75, 3.05) is 19.7 Å². The van der Waals surface area contributed by atoms with Crippen LogP contribution in [0.2, 0.25) is 0 Å². The van der Waals surface area contributed by atoms with Crippen molar-refractivity contribution in [3.8, 4) is 0 Å². The number of aromatic nitrogens is 3. The molecule has 0 radical (unpaired) electrons. The van der Waals surface area contributed by atoms with Gasteiger partial charge in [-0.3, -0.25) is 4.68 Å². The van der Waals surface area contributed by atoms with Crippen LogP contribution in [0.1, 0.15) is 32.5 Å². The van der Waals surface area contributed by atoms with Gasteiger partial charge in [-0.25, -0.2) is 14.8 Å². The number of nitrogens with one attached hydrogen (secondary N) is 3. The quantitative estimate of drug-likeness (QED) is 0.468. The van der Waals surface area contributed by atoms with Crippen LogP contribution in [0, 0.1) is 5.92 Å². The lowest BCUT2D eigenvalue weighted by Gasteiger charge is -2.20. The minimum Gasteiger partial charge on any atom is -0.450 e. The van der Waals surface area contributed by atoms with E-state index in [1.807, 2.05) is 14.0 Å². The molecule has 0 bridgehead atoms. The van der Waals surface area contributed by atoms with Crippen molar-refractivity contribution in [3.05, 3.63) is 12.2 Å². The Morgan fingerprint density at radius 1 is 1.46 bits per heavy atom. The van der Waals surface area contributed by atoms with E-state index in [2.05, 4.69) is 31.0 Å². The van der Waals surface area contributed by atoms with Gasteiger partial charge in [-0.2, -0.15) is 5.10 Å². The fraction of sp³-hybridized carbons (Fsp3) is 0.733. The van der Waals surface area contributed by atoms with Crippen molar-refractivity contribution in [1.82, 2.24) is 30.7 Å². The molecule has 1 aliphatic rings. The van der Waals surface area contributed by atoms with Crippen molar-refractivity contribution in [3.63, 3.8) is 0 Å². The Hall–Kier alpha value is -2.32. The smallest absolute Gasteiger partial charge is 0.407 e. The highest BCUT2D eigenvalue weighted by atomic mass is 16.5. The fourth-order valence-electron chi connectivity index (χ4n) is 2.32. The van der Waals surface area contributed by atoms with Gasteiger partial charge in [-0.05, 0) is 32.6 Å². The average Bonchev–Trinajstić information content (AvgIpc) is 3.32. The van der Waals surface area contributed by atoms with Crippen LogP contribution in [-0.4, -0.2) is 52.6 Å². The number of alkyl carbamates (subject to hydrolysis) is 1. The maximum atomic E-state index is 11.6. The van der Waals surface area contributed by atoms with Gasteiger partial charge in [0, 0.05) is 20.1 Å². The first kappa shape index (κ1) is 18.0. The molecular formula is C15H27N7O2. The van der Waals surface area contributed by atoms with Crippen LogP contribution in [0.4, 0.5) is 4.79 Å². The summed E-state index contributed by atoms with van der Waals surface area (Å²) in [6.45, 7) is 5.98. The van der Waals surface area contributed by atoms with E-state index in [1.54, 1.807) is 11.6 Å². The van der Waals surface area contributed by atoms with Gasteiger partial charge in [-0.15, -0.1) is 0 Å². The van der Waals surface area contributed by atoms with Gasteiger partial charge in [0.15, 0.2) is 5.96 Å². The molecule has 1 heterocycles. The molecular weight excluding hydrogens is 310 g/mol. The second-order valence-corrected chi connectivity index (χ2v) is 5.68. The van der Waals surface area contributed by atoms with Crippen LogP contribution < -0.4 is 16.0 Å². The van der Waals surface area contributed by atoms with Gasteiger partial charge >= 0.3 is 6.09 Å². The zero-order valence-corrected chi connectivity index (χ0v) is 14.6. The molecule has 9 nitrogen and oxygen atoms in total. The number of carbonyl (C=O) groups is 1. The van der Waals surface area contributed by atoms with Crippen LogP contribution in [0.25, 0.3) is 0 Å². The fourth-order valence-corrected chi connectivity index (χ4v) is 2.32. The van der Waals surface area contributed by atoms with Crippen LogP contribution in [-0.2, 0) is 18.3 Å². The topological polar surface area (TPSA) is 105 Å². The Labute approximate surface area is 142 Å². The first-order valence-electron chi connectivity index (χ1n) is 8.42. The molecule has 24 heavy (non-hydrogen) atoms. The molecule has 1 aliphatic carbocycles. The number of rotatable bonds is 8. The van der Waals surface area contributed by atoms with Crippen molar-refractivity contribution >= 4 is 12.1 Å². The van der Waals surface area contributed by atoms with Gasteiger partial charge in [0.05, 0.1) is 12.6 Å². The molecule has 2 rings (SSSR count). The van der Waals surface area contributed by atoms with E-state index in [0.29, 0.717) is 31.6 Å². The Kier molecular flexibility index (Phi) is 6.83. The number of nitrogens with zero attached hydrogens (tertiary/aromatic N) is 4. The highest BCUT2D eigenvalue weighted by Gasteiger charge is 2.32. The van der Waals surface area contributed by atoms with E-state index in [4.69, 9.17) is 4.74 Å². The lowest BCUT2D eigenvalue weighted by Crippen LogP contribution is -2.48. The third-order valence-electron chi connectivity index (χ3n) is 3.79. The number of amides is 1. The Balaban J connectivity index is 1.88. The third-order valence-corrected chi connectivity index (χ3v) is 3.79. The van der Waals surface area contributed by atoms with Crippen molar-refractivity contribution in [2.24, 2.45) is 18.0 Å². The summed E-state index contributed by atoms with van der Waals surface area (Å²) in [5.41, 5.74) is 0. The Morgan fingerprint density at radius 3 is 2.83 bits per heavy atom. The van der Waals surface area contributed by atoms with Crippen LogP contribution in [0.5, 0.6) is 0 Å². The van der Waals surface area contributed by atoms with Gasteiger partial charge in [0.1, 0.15) is 18.7 Å². The largest absolute Gasteiger partial charge is 0.450 e. The first-order chi connectivity index (χ1) is 11.6. The summed E-state index contributed by atoms with van der Waals surface area (Å²) in [6, 6.07) is 0.0442. The number of aryl methyl sites for hydroxylation is 1. The SMILES string of the molecule is CCNC(=NCc1ncnn1C)NCC(NC(=O)OCC)C1CC1. The third kappa shape index (κ3) is 5.71. The number of ether oxygens (including phenoxy) is 1. The van der Waals surface area contributed by atoms with Crippen LogP contribution >= 0.6 is 0 Å². The van der Waals surface area contributed by atoms with Crippen LogP contribution in [0.15, 0.2) is 11.3 Å². The molecule has 1 fully saturated rings. The maximum Gasteiger partial charge on any atom is 0.407 e. The van der Waals surface area contributed by atoms with Gasteiger partial charge in [-0.1, -0.05) is 0 Å². The summed E-state index contributed by atoms with van der Waals surface area (Å²) in [4.78, 5) is 20.3. The molecule has 1 aromatic heterocycles. The summed E-state index contributed by atoms with van der Waals surface area (Å²) in [5.74, 6) is 1.98. The van der Waals surface area contributed by atoms with Crippen molar-refractivity contribution in [2.45, 2.75) is 39.3 Å². The predicted octanol–water partition coefficient (Wildman–Crippen LogP) is 0.395. The van der Waals surface area contributed by atoms with E-state index in [0.717, 1.165) is 25.2 Å². The summed E-state index contributed by atoms with van der Waals surface area (Å²) in [7, 11) is 1.84. The summed E-state index contributed by atoms with van der Waals surface area (Å²) in [6.07, 6.45) is 3.41. The zero-order valence-electron chi connectivity index (χ0n) is 14.6. The number of hydrogen-bond acceptors (Lipinski definition) is 5. The summed E-state index contributed by atoms with van der Waals surface area (Å²) >= 11 is 0. The van der Waals surface area contributed by atoms with E-state index >= 15 is 0 Å². The summed E-state index contributed by atoms with van der Waals surface area (Å²) in [5, 5.41) is 13.4. The molecule has 1 amide bonds. The molecule has 1 unspecified atom stereocenters. The number of guanidine groups is 1. The van der Waals surface area contributed by atoms with Crippen molar-refractivity contribution < 1.29 is 9.53 Å². The van der Waals surface area contributed by atoms with Crippen LogP contribution in [0.3, 0.4) is 0 Å². The second-order valence-electron chi connectivity index (χ2n) is 5.68. The number of aliphatic imine (C=N–C) groups is 1. The minimum absolute atomic E-state index is 0.0442. The number of carbonyl (C=O) groups excluding carboxylic acids is 1. The van der Waals surface area contributed by atoms with Gasteiger partial charge < -0.3 is 20.7 Å². The molecule has 0 aliphatic heterocycles. The van der Waals surface area contributed by atoms with E-state index in [1.165, 1.54) is 6.33 Å².